The molecule has 0 aliphatic heterocycles. The zero-order valence-electron chi connectivity index (χ0n) is 10.7. The van der Waals surface area contributed by atoms with E-state index in [1.165, 1.54) is 0 Å². The molecular formula is C13H16N2O3. The van der Waals surface area contributed by atoms with Crippen molar-refractivity contribution >= 4 is 16.9 Å². The summed E-state index contributed by atoms with van der Waals surface area (Å²) in [7, 11) is 1.57. The third kappa shape index (κ3) is 2.03. The van der Waals surface area contributed by atoms with Gasteiger partial charge in [-0.1, -0.05) is 6.92 Å². The van der Waals surface area contributed by atoms with E-state index >= 15 is 0 Å². The number of esters is 1. The summed E-state index contributed by atoms with van der Waals surface area (Å²) >= 11 is 0. The number of aryl methyl sites for hydroxylation is 1. The number of hydrogen-bond donors (Lipinski definition) is 1. The van der Waals surface area contributed by atoms with E-state index in [9.17, 15) is 4.79 Å². The summed E-state index contributed by atoms with van der Waals surface area (Å²) in [6, 6.07) is 1.83. The fourth-order valence-corrected chi connectivity index (χ4v) is 1.99. The van der Waals surface area contributed by atoms with E-state index < -0.39 is 0 Å². The Labute approximate surface area is 105 Å². The second-order valence-corrected chi connectivity index (χ2v) is 3.82. The van der Waals surface area contributed by atoms with Crippen LogP contribution in [0.3, 0.4) is 0 Å². The van der Waals surface area contributed by atoms with Crippen LogP contribution in [0.15, 0.2) is 12.3 Å². The molecule has 0 fully saturated rings. The summed E-state index contributed by atoms with van der Waals surface area (Å²) in [6.45, 7) is 4.15. The first-order valence-corrected chi connectivity index (χ1v) is 5.92. The average Bonchev–Trinajstić information content (AvgIpc) is 2.76. The number of fused-ring (bicyclic) bond motifs is 1. The van der Waals surface area contributed by atoms with Crippen molar-refractivity contribution in [1.29, 1.82) is 0 Å². The van der Waals surface area contributed by atoms with Crippen LogP contribution in [0.4, 0.5) is 0 Å². The monoisotopic (exact) mass is 248 g/mol. The Kier molecular flexibility index (Phi) is 3.50. The fraction of sp³-hybridized carbons (Fsp3) is 0.385. The van der Waals surface area contributed by atoms with Gasteiger partial charge in [0.2, 0.25) is 5.88 Å². The predicted octanol–water partition coefficient (Wildman–Crippen LogP) is 2.31. The third-order valence-electron chi connectivity index (χ3n) is 2.81. The number of carbonyl (C=O) groups excluding carboxylic acids is 1. The lowest BCUT2D eigenvalue weighted by molar-refractivity contribution is 0.0519. The molecule has 0 unspecified atom stereocenters. The summed E-state index contributed by atoms with van der Waals surface area (Å²) in [5.41, 5.74) is 2.25. The number of H-pyrrole nitrogens is 1. The molecule has 96 valence electrons. The average molecular weight is 248 g/mol. The van der Waals surface area contributed by atoms with Crippen LogP contribution in [0.25, 0.3) is 10.9 Å². The van der Waals surface area contributed by atoms with Gasteiger partial charge in [0.05, 0.1) is 25.4 Å². The molecular weight excluding hydrogens is 232 g/mol. The van der Waals surface area contributed by atoms with Gasteiger partial charge in [-0.3, -0.25) is 0 Å². The Morgan fingerprint density at radius 2 is 2.22 bits per heavy atom. The first kappa shape index (κ1) is 12.4. The van der Waals surface area contributed by atoms with Crippen molar-refractivity contribution in [2.24, 2.45) is 0 Å². The number of pyridine rings is 1. The van der Waals surface area contributed by atoms with E-state index in [1.807, 2.05) is 13.0 Å². The molecule has 0 radical (unpaired) electrons. The zero-order valence-corrected chi connectivity index (χ0v) is 10.7. The van der Waals surface area contributed by atoms with E-state index in [2.05, 4.69) is 9.97 Å². The van der Waals surface area contributed by atoms with Crippen LogP contribution >= 0.6 is 0 Å². The van der Waals surface area contributed by atoms with Crippen LogP contribution in [-0.4, -0.2) is 29.7 Å². The molecule has 18 heavy (non-hydrogen) atoms. The summed E-state index contributed by atoms with van der Waals surface area (Å²) in [5, 5.41) is 0.951. The number of rotatable bonds is 4. The number of hydrogen-bond acceptors (Lipinski definition) is 4. The molecule has 2 aromatic rings. The molecule has 0 saturated heterocycles. The summed E-state index contributed by atoms with van der Waals surface area (Å²) in [4.78, 5) is 19.0. The lowest BCUT2D eigenvalue weighted by atomic mass is 10.1. The van der Waals surface area contributed by atoms with Crippen LogP contribution in [-0.2, 0) is 11.2 Å². The van der Waals surface area contributed by atoms with E-state index in [0.29, 0.717) is 18.2 Å². The van der Waals surface area contributed by atoms with Gasteiger partial charge in [-0.15, -0.1) is 0 Å². The second-order valence-electron chi connectivity index (χ2n) is 3.82. The maximum atomic E-state index is 11.8. The van der Waals surface area contributed by atoms with E-state index in [1.54, 1.807) is 20.2 Å². The van der Waals surface area contributed by atoms with Crippen molar-refractivity contribution in [3.8, 4) is 5.88 Å². The molecule has 2 rings (SSSR count). The predicted molar refractivity (Wildman–Crippen MR) is 68.0 cm³/mol. The first-order valence-electron chi connectivity index (χ1n) is 5.92. The molecule has 0 spiro atoms. The topological polar surface area (TPSA) is 64.2 Å². The van der Waals surface area contributed by atoms with Gasteiger partial charge >= 0.3 is 5.97 Å². The lowest BCUT2D eigenvalue weighted by Gasteiger charge is -2.02. The van der Waals surface area contributed by atoms with Crippen molar-refractivity contribution in [3.63, 3.8) is 0 Å². The largest absolute Gasteiger partial charge is 0.481 e. The van der Waals surface area contributed by atoms with Gasteiger partial charge < -0.3 is 14.5 Å². The molecule has 5 heteroatoms. The molecule has 0 aliphatic rings. The summed E-state index contributed by atoms with van der Waals surface area (Å²) in [6.07, 6.45) is 2.40. The number of nitrogens with zero attached hydrogens (tertiary/aromatic N) is 1. The van der Waals surface area contributed by atoms with E-state index in [0.717, 1.165) is 22.9 Å². The SMILES string of the molecule is CCOC(=O)c1[nH]c2cnc(OC)cc2c1CC. The number of methoxy groups -OCH3 is 1. The van der Waals surface area contributed by atoms with Gasteiger partial charge in [0, 0.05) is 11.5 Å². The van der Waals surface area contributed by atoms with Crippen LogP contribution in [0.2, 0.25) is 0 Å². The zero-order chi connectivity index (χ0) is 13.1. The fourth-order valence-electron chi connectivity index (χ4n) is 1.99. The van der Waals surface area contributed by atoms with Crippen LogP contribution < -0.4 is 4.74 Å². The van der Waals surface area contributed by atoms with Crippen molar-refractivity contribution in [3.05, 3.63) is 23.5 Å². The lowest BCUT2D eigenvalue weighted by Crippen LogP contribution is -2.07. The standard InChI is InChI=1S/C13H16N2O3/c1-4-8-9-6-11(17-3)14-7-10(9)15-12(8)13(16)18-5-2/h6-7,15H,4-5H2,1-3H3. The van der Waals surface area contributed by atoms with Crippen molar-refractivity contribution in [1.82, 2.24) is 9.97 Å². The van der Waals surface area contributed by atoms with Gasteiger partial charge in [0.15, 0.2) is 0 Å². The van der Waals surface area contributed by atoms with Gasteiger partial charge in [0.1, 0.15) is 5.69 Å². The Bertz CT molecular complexity index is 575. The molecule has 0 amide bonds. The van der Waals surface area contributed by atoms with E-state index in [4.69, 9.17) is 9.47 Å². The Hall–Kier alpha value is -2.04. The highest BCUT2D eigenvalue weighted by Crippen LogP contribution is 2.25. The van der Waals surface area contributed by atoms with Crippen molar-refractivity contribution in [2.75, 3.05) is 13.7 Å². The molecule has 5 nitrogen and oxygen atoms in total. The maximum Gasteiger partial charge on any atom is 0.355 e. The summed E-state index contributed by atoms with van der Waals surface area (Å²) in [5.74, 6) is 0.205. The Morgan fingerprint density at radius 1 is 1.44 bits per heavy atom. The minimum absolute atomic E-state index is 0.329. The first-order chi connectivity index (χ1) is 8.71. The second kappa shape index (κ2) is 5.08. The highest BCUT2D eigenvalue weighted by Gasteiger charge is 2.18. The van der Waals surface area contributed by atoms with E-state index in [-0.39, 0.29) is 5.97 Å². The Balaban J connectivity index is 2.57. The highest BCUT2D eigenvalue weighted by atomic mass is 16.5. The number of aromatic nitrogens is 2. The number of aromatic amines is 1. The molecule has 1 N–H and O–H groups in total. The smallest absolute Gasteiger partial charge is 0.355 e. The normalized spacial score (nSPS) is 10.6. The van der Waals surface area contributed by atoms with Gasteiger partial charge in [0.25, 0.3) is 0 Å². The van der Waals surface area contributed by atoms with Crippen LogP contribution in [0.5, 0.6) is 5.88 Å². The number of carbonyl (C=O) groups is 1. The minimum atomic E-state index is -0.329. The molecule has 0 saturated carbocycles. The van der Waals surface area contributed by atoms with Gasteiger partial charge in [-0.25, -0.2) is 9.78 Å². The van der Waals surface area contributed by atoms with Crippen molar-refractivity contribution in [2.45, 2.75) is 20.3 Å². The minimum Gasteiger partial charge on any atom is -0.481 e. The maximum absolute atomic E-state index is 11.8. The number of ether oxygens (including phenoxy) is 2. The van der Waals surface area contributed by atoms with Gasteiger partial charge in [-0.05, 0) is 18.9 Å². The third-order valence-corrected chi connectivity index (χ3v) is 2.81. The van der Waals surface area contributed by atoms with Crippen LogP contribution in [0, 0.1) is 0 Å². The molecule has 2 aromatic heterocycles. The molecule has 0 aliphatic carbocycles. The molecule has 0 aromatic carbocycles. The quantitative estimate of drug-likeness (QED) is 0.843. The van der Waals surface area contributed by atoms with Crippen LogP contribution in [0.1, 0.15) is 29.9 Å². The molecule has 2 heterocycles. The Morgan fingerprint density at radius 3 is 2.83 bits per heavy atom. The molecule has 0 atom stereocenters. The number of nitrogens with one attached hydrogen (secondary N) is 1. The van der Waals surface area contributed by atoms with Crippen molar-refractivity contribution < 1.29 is 14.3 Å². The molecule has 0 bridgehead atoms. The summed E-state index contributed by atoms with van der Waals surface area (Å²) < 4.78 is 10.1. The highest BCUT2D eigenvalue weighted by molar-refractivity contribution is 5.98. The van der Waals surface area contributed by atoms with Gasteiger partial charge in [-0.2, -0.15) is 0 Å².